The van der Waals surface area contributed by atoms with Gasteiger partial charge in [0.05, 0.1) is 4.90 Å². The minimum absolute atomic E-state index is 0.178. The first-order valence-corrected chi connectivity index (χ1v) is 5.70. The number of nitrogens with zero attached hydrogens (tertiary/aromatic N) is 1. The van der Waals surface area contributed by atoms with Crippen molar-refractivity contribution in [3.05, 3.63) is 42.3 Å². The van der Waals surface area contributed by atoms with Gasteiger partial charge in [0.25, 0.3) is 0 Å². The summed E-state index contributed by atoms with van der Waals surface area (Å²) in [5.74, 6) is 0. The Bertz CT molecular complexity index is 488. The van der Waals surface area contributed by atoms with Gasteiger partial charge in [-0.25, -0.2) is 8.42 Å². The van der Waals surface area contributed by atoms with Crippen molar-refractivity contribution in [2.75, 3.05) is 0 Å². The van der Waals surface area contributed by atoms with E-state index in [1.54, 1.807) is 18.3 Å². The quantitative estimate of drug-likeness (QED) is 0.673. The zero-order valence-corrected chi connectivity index (χ0v) is 9.27. The highest BCUT2D eigenvalue weighted by Gasteiger charge is 1.97. The number of aryl methyl sites for hydroxylation is 1. The van der Waals surface area contributed by atoms with Crippen LogP contribution in [-0.2, 0) is 10.1 Å². The lowest BCUT2D eigenvalue weighted by molar-refractivity contribution is -0.471. The first-order valence-electron chi connectivity index (χ1n) is 4.29. The number of hydrogen-bond acceptors (Lipinski definition) is 5. The van der Waals surface area contributed by atoms with E-state index in [9.17, 15) is 13.0 Å². The van der Waals surface area contributed by atoms with E-state index in [0.29, 0.717) is 0 Å². The Kier molecular flexibility index (Phi) is 4.15. The van der Waals surface area contributed by atoms with E-state index in [1.807, 2.05) is 6.92 Å². The summed E-state index contributed by atoms with van der Waals surface area (Å²) in [6, 6.07) is 5.78. The Labute approximate surface area is 92.6 Å². The molecule has 86 valence electrons. The van der Waals surface area contributed by atoms with Crippen molar-refractivity contribution in [2.45, 2.75) is 11.8 Å². The highest BCUT2D eigenvalue weighted by molar-refractivity contribution is 7.85. The molecule has 0 saturated carbocycles. The van der Waals surface area contributed by atoms with Crippen LogP contribution in [0.4, 0.5) is 0 Å². The molecule has 1 aromatic carbocycles. The van der Waals surface area contributed by atoms with Gasteiger partial charge < -0.3 is 9.08 Å². The highest BCUT2D eigenvalue weighted by Crippen LogP contribution is 2.08. The summed E-state index contributed by atoms with van der Waals surface area (Å²) in [5.41, 5.74) is 0.928. The third-order valence-corrected chi connectivity index (χ3v) is 2.47. The van der Waals surface area contributed by atoms with Gasteiger partial charge in [0.2, 0.25) is 6.20 Å². The molecular weight excluding hydrogens is 232 g/mol. The van der Waals surface area contributed by atoms with Gasteiger partial charge in [0, 0.05) is 0 Å². The van der Waals surface area contributed by atoms with Crippen molar-refractivity contribution >= 4 is 10.1 Å². The van der Waals surface area contributed by atoms with E-state index in [1.165, 1.54) is 18.4 Å². The second kappa shape index (κ2) is 5.38. The van der Waals surface area contributed by atoms with Crippen molar-refractivity contribution in [1.29, 1.82) is 0 Å². The molecule has 0 aliphatic rings. The van der Waals surface area contributed by atoms with Gasteiger partial charge in [-0.3, -0.25) is 0 Å². The average Bonchev–Trinajstić information content (AvgIpc) is 2.74. The summed E-state index contributed by atoms with van der Waals surface area (Å²) >= 11 is 0. The van der Waals surface area contributed by atoms with Crippen LogP contribution in [0.3, 0.4) is 0 Å². The fraction of sp³-hybridized carbons (Fsp3) is 0.111. The van der Waals surface area contributed by atoms with Gasteiger partial charge in [0.1, 0.15) is 10.1 Å². The molecule has 0 saturated heterocycles. The molecule has 7 heteroatoms. The summed E-state index contributed by atoms with van der Waals surface area (Å²) in [4.78, 5) is -0.178. The monoisotopic (exact) mass is 242 g/mol. The first-order chi connectivity index (χ1) is 7.50. The number of nitrogens with one attached hydrogen (secondary N) is 1. The summed E-state index contributed by atoms with van der Waals surface area (Å²) in [5, 5.41) is 5.67. The van der Waals surface area contributed by atoms with Crippen molar-refractivity contribution in [3.8, 4) is 0 Å². The molecule has 0 aliphatic heterocycles. The van der Waals surface area contributed by atoms with Crippen LogP contribution >= 0.6 is 0 Å². The van der Waals surface area contributed by atoms with E-state index in [2.05, 4.69) is 14.9 Å². The van der Waals surface area contributed by atoms with E-state index >= 15 is 0 Å². The number of H-pyrrole nitrogens is 1. The molecule has 0 atom stereocenters. The second-order valence-corrected chi connectivity index (χ2v) is 4.28. The summed E-state index contributed by atoms with van der Waals surface area (Å²) in [6.45, 7) is 1.82. The fourth-order valence-corrected chi connectivity index (χ4v) is 1.33. The van der Waals surface area contributed by atoms with E-state index < -0.39 is 10.1 Å². The van der Waals surface area contributed by atoms with Crippen molar-refractivity contribution in [1.82, 2.24) is 5.27 Å². The Morgan fingerprint density at radius 2 is 1.94 bits per heavy atom. The number of aromatic nitrogens is 2. The van der Waals surface area contributed by atoms with Crippen molar-refractivity contribution in [2.24, 2.45) is 0 Å². The van der Waals surface area contributed by atoms with Crippen LogP contribution in [0.5, 0.6) is 0 Å². The van der Waals surface area contributed by atoms with Crippen LogP contribution < -0.4 is 5.10 Å². The maximum atomic E-state index is 10.4. The lowest BCUT2D eigenvalue weighted by atomic mass is 10.2. The molecule has 1 heterocycles. The Morgan fingerprint density at radius 3 is 2.25 bits per heavy atom. The zero-order chi connectivity index (χ0) is 12.0. The lowest BCUT2D eigenvalue weighted by Crippen LogP contribution is -1.97. The average molecular weight is 242 g/mol. The molecule has 2 aromatic rings. The summed E-state index contributed by atoms with van der Waals surface area (Å²) in [6.07, 6.45) is 3.06. The number of hydrogen-bond donors (Lipinski definition) is 0. The second-order valence-electron chi connectivity index (χ2n) is 2.90. The molecule has 2 rings (SSSR count). The van der Waals surface area contributed by atoms with Gasteiger partial charge in [-0.1, -0.05) is 22.8 Å². The third kappa shape index (κ3) is 4.20. The SMILES string of the molecule is Cc1ccc(S(=O)(=O)[O-])cc1.c1con[nH+]1. The Hall–Kier alpha value is -1.73. The standard InChI is InChI=1S/C7H8O3S.C2H2N2O/c1-6-2-4-7(5-3-6)11(8,9)10;1-2-5-4-3-1/h2-5H,1H3,(H,8,9,10);1-2H. The predicted molar refractivity (Wildman–Crippen MR) is 52.2 cm³/mol. The molecule has 16 heavy (non-hydrogen) atoms. The van der Waals surface area contributed by atoms with Gasteiger partial charge in [-0.2, -0.15) is 0 Å². The normalized spacial score (nSPS) is 10.4. The Balaban J connectivity index is 0.000000212. The smallest absolute Gasteiger partial charge is 0.234 e. The van der Waals surface area contributed by atoms with Crippen molar-refractivity contribution < 1.29 is 22.6 Å². The van der Waals surface area contributed by atoms with Crippen LogP contribution in [0, 0.1) is 6.92 Å². The van der Waals surface area contributed by atoms with Gasteiger partial charge in [-0.05, 0) is 19.1 Å². The number of aromatic amines is 1. The minimum Gasteiger partial charge on any atom is -0.744 e. The van der Waals surface area contributed by atoms with Crippen LogP contribution in [-0.4, -0.2) is 18.2 Å². The van der Waals surface area contributed by atoms with Crippen LogP contribution in [0.15, 0.2) is 46.1 Å². The minimum atomic E-state index is -4.27. The molecule has 0 amide bonds. The van der Waals surface area contributed by atoms with Crippen LogP contribution in [0.1, 0.15) is 5.56 Å². The predicted octanol–water partition coefficient (Wildman–Crippen LogP) is 0.388. The molecule has 0 radical (unpaired) electrons. The zero-order valence-electron chi connectivity index (χ0n) is 8.45. The molecule has 1 aromatic heterocycles. The topological polar surface area (TPSA) is 97.4 Å². The molecule has 0 bridgehead atoms. The number of rotatable bonds is 1. The third-order valence-electron chi connectivity index (χ3n) is 1.62. The van der Waals surface area contributed by atoms with Gasteiger partial charge >= 0.3 is 0 Å². The first kappa shape index (κ1) is 12.3. The molecule has 0 spiro atoms. The lowest BCUT2D eigenvalue weighted by Gasteiger charge is -2.05. The molecule has 0 aliphatic carbocycles. The molecule has 0 fully saturated rings. The van der Waals surface area contributed by atoms with E-state index in [4.69, 9.17) is 0 Å². The number of benzene rings is 1. The Morgan fingerprint density at radius 1 is 1.31 bits per heavy atom. The van der Waals surface area contributed by atoms with E-state index in [-0.39, 0.29) is 4.90 Å². The summed E-state index contributed by atoms with van der Waals surface area (Å²) in [7, 11) is -4.27. The maximum Gasteiger partial charge on any atom is 0.234 e. The van der Waals surface area contributed by atoms with E-state index in [0.717, 1.165) is 5.56 Å². The molecule has 6 nitrogen and oxygen atoms in total. The van der Waals surface area contributed by atoms with Crippen LogP contribution in [0.25, 0.3) is 0 Å². The van der Waals surface area contributed by atoms with Crippen molar-refractivity contribution in [3.63, 3.8) is 0 Å². The fourth-order valence-electron chi connectivity index (χ4n) is 0.857. The van der Waals surface area contributed by atoms with Gasteiger partial charge in [-0.15, -0.1) is 0 Å². The maximum absolute atomic E-state index is 10.4. The largest absolute Gasteiger partial charge is 0.744 e. The molecular formula is C9H10N2O4S. The highest BCUT2D eigenvalue weighted by atomic mass is 32.2. The summed E-state index contributed by atoms with van der Waals surface area (Å²) < 4.78 is 35.4. The van der Waals surface area contributed by atoms with Crippen LogP contribution in [0.2, 0.25) is 0 Å². The molecule has 0 unspecified atom stereocenters. The molecule has 1 N–H and O–H groups in total. The van der Waals surface area contributed by atoms with Gasteiger partial charge in [0.15, 0.2) is 11.5 Å².